The third-order valence-electron chi connectivity index (χ3n) is 4.21. The van der Waals surface area contributed by atoms with E-state index in [9.17, 15) is 4.79 Å². The molecule has 130 valence electrons. The van der Waals surface area contributed by atoms with Crippen LogP contribution in [0.4, 0.5) is 5.69 Å². The van der Waals surface area contributed by atoms with Crippen LogP contribution in [0.3, 0.4) is 0 Å². The van der Waals surface area contributed by atoms with Gasteiger partial charge in [0, 0.05) is 17.5 Å². The summed E-state index contributed by atoms with van der Waals surface area (Å²) >= 11 is 5.98. The van der Waals surface area contributed by atoms with Crippen LogP contribution in [0, 0.1) is 11.8 Å². The molecule has 1 heterocycles. The van der Waals surface area contributed by atoms with E-state index in [0.717, 1.165) is 25.9 Å². The maximum absolute atomic E-state index is 12.3. The lowest BCUT2D eigenvalue weighted by molar-refractivity contribution is -0.117. The fourth-order valence-electron chi connectivity index (χ4n) is 2.95. The van der Waals surface area contributed by atoms with Crippen molar-refractivity contribution in [3.8, 4) is 5.75 Å². The minimum Gasteiger partial charge on any atom is -0.492 e. The average Bonchev–Trinajstić information content (AvgIpc) is 2.51. The molecule has 1 atom stereocenters. The molecule has 1 saturated heterocycles. The number of benzene rings is 1. The normalized spacial score (nSPS) is 16.3. The van der Waals surface area contributed by atoms with Gasteiger partial charge in [-0.1, -0.05) is 18.5 Å². The summed E-state index contributed by atoms with van der Waals surface area (Å²) in [5.41, 5.74) is 0.689. The summed E-state index contributed by atoms with van der Waals surface area (Å²) in [6.07, 6.45) is 2.85. The van der Waals surface area contributed by atoms with Crippen molar-refractivity contribution < 1.29 is 9.53 Å². The van der Waals surface area contributed by atoms with Crippen molar-refractivity contribution in [1.82, 2.24) is 5.32 Å². The van der Waals surface area contributed by atoms with E-state index in [0.29, 0.717) is 41.3 Å². The number of halogens is 2. The zero-order valence-electron chi connectivity index (χ0n) is 13.7. The van der Waals surface area contributed by atoms with Crippen molar-refractivity contribution in [2.45, 2.75) is 33.1 Å². The number of carbonyl (C=O) groups is 1. The van der Waals surface area contributed by atoms with Crippen LogP contribution in [0.2, 0.25) is 5.02 Å². The van der Waals surface area contributed by atoms with Gasteiger partial charge < -0.3 is 15.4 Å². The smallest absolute Gasteiger partial charge is 0.224 e. The zero-order chi connectivity index (χ0) is 15.9. The van der Waals surface area contributed by atoms with E-state index in [1.807, 2.05) is 6.92 Å². The van der Waals surface area contributed by atoms with Crippen LogP contribution >= 0.6 is 24.0 Å². The summed E-state index contributed by atoms with van der Waals surface area (Å²) in [7, 11) is 0. The van der Waals surface area contributed by atoms with E-state index in [-0.39, 0.29) is 18.3 Å². The molecule has 2 rings (SSSR count). The van der Waals surface area contributed by atoms with E-state index in [2.05, 4.69) is 17.6 Å². The number of ether oxygens (including phenoxy) is 1. The first-order chi connectivity index (χ1) is 10.6. The standard InChI is InChI=1S/C17H25ClN2O2.ClH/c1-3-22-16-11-14(18)4-5-15(16)20-17(21)10-12(2)13-6-8-19-9-7-13;/h4-5,11-13,19H,3,6-10H2,1-2H3,(H,20,21);1H. The Hall–Kier alpha value is -0.970. The van der Waals surface area contributed by atoms with Gasteiger partial charge in [-0.3, -0.25) is 4.79 Å². The monoisotopic (exact) mass is 360 g/mol. The first-order valence-corrected chi connectivity index (χ1v) is 8.41. The fourth-order valence-corrected chi connectivity index (χ4v) is 3.11. The van der Waals surface area contributed by atoms with Crippen molar-refractivity contribution in [2.24, 2.45) is 11.8 Å². The summed E-state index contributed by atoms with van der Waals surface area (Å²) in [4.78, 5) is 12.3. The molecular formula is C17H26Cl2N2O2. The molecule has 0 aliphatic carbocycles. The van der Waals surface area contributed by atoms with Crippen LogP contribution < -0.4 is 15.4 Å². The minimum absolute atomic E-state index is 0. The van der Waals surface area contributed by atoms with Crippen LogP contribution in [-0.4, -0.2) is 25.6 Å². The van der Waals surface area contributed by atoms with Gasteiger partial charge in [-0.25, -0.2) is 0 Å². The van der Waals surface area contributed by atoms with E-state index in [1.54, 1.807) is 18.2 Å². The quantitative estimate of drug-likeness (QED) is 0.801. The second kappa shape index (κ2) is 10.0. The van der Waals surface area contributed by atoms with E-state index >= 15 is 0 Å². The SMILES string of the molecule is CCOc1cc(Cl)ccc1NC(=O)CC(C)C1CCNCC1.Cl. The summed E-state index contributed by atoms with van der Waals surface area (Å²) in [6.45, 7) is 6.73. The Bertz CT molecular complexity index is 505. The Morgan fingerprint density at radius 2 is 2.13 bits per heavy atom. The topological polar surface area (TPSA) is 50.4 Å². The second-order valence-corrected chi connectivity index (χ2v) is 6.33. The molecule has 2 N–H and O–H groups in total. The van der Waals surface area contributed by atoms with Crippen molar-refractivity contribution in [3.05, 3.63) is 23.2 Å². The van der Waals surface area contributed by atoms with Gasteiger partial charge in [-0.05, 0) is 56.8 Å². The first-order valence-electron chi connectivity index (χ1n) is 8.03. The number of hydrogen-bond acceptors (Lipinski definition) is 3. The maximum Gasteiger partial charge on any atom is 0.224 e. The molecule has 1 fully saturated rings. The van der Waals surface area contributed by atoms with Crippen LogP contribution in [0.5, 0.6) is 5.75 Å². The largest absolute Gasteiger partial charge is 0.492 e. The van der Waals surface area contributed by atoms with E-state index in [1.165, 1.54) is 0 Å². The van der Waals surface area contributed by atoms with Gasteiger partial charge in [-0.15, -0.1) is 12.4 Å². The molecule has 23 heavy (non-hydrogen) atoms. The number of carbonyl (C=O) groups excluding carboxylic acids is 1. The highest BCUT2D eigenvalue weighted by atomic mass is 35.5. The van der Waals surface area contributed by atoms with Crippen LogP contribution in [0.15, 0.2) is 18.2 Å². The average molecular weight is 361 g/mol. The maximum atomic E-state index is 12.3. The Labute approximate surface area is 149 Å². The van der Waals surface area contributed by atoms with Gasteiger partial charge in [0.15, 0.2) is 0 Å². The molecule has 6 heteroatoms. The summed E-state index contributed by atoms with van der Waals surface area (Å²) in [5, 5.41) is 6.92. The van der Waals surface area contributed by atoms with Crippen LogP contribution in [-0.2, 0) is 4.79 Å². The number of amides is 1. The second-order valence-electron chi connectivity index (χ2n) is 5.89. The van der Waals surface area contributed by atoms with E-state index < -0.39 is 0 Å². The highest BCUT2D eigenvalue weighted by Crippen LogP contribution is 2.29. The summed E-state index contributed by atoms with van der Waals surface area (Å²) < 4.78 is 5.53. The predicted molar refractivity (Wildman–Crippen MR) is 97.9 cm³/mol. The number of hydrogen-bond donors (Lipinski definition) is 2. The molecule has 0 bridgehead atoms. The Morgan fingerprint density at radius 3 is 2.78 bits per heavy atom. The summed E-state index contributed by atoms with van der Waals surface area (Å²) in [5.74, 6) is 1.68. The fraction of sp³-hybridized carbons (Fsp3) is 0.588. The molecule has 1 aliphatic rings. The third kappa shape index (κ3) is 6.21. The Morgan fingerprint density at radius 1 is 1.43 bits per heavy atom. The molecule has 0 saturated carbocycles. The zero-order valence-corrected chi connectivity index (χ0v) is 15.3. The lowest BCUT2D eigenvalue weighted by Crippen LogP contribution is -2.32. The summed E-state index contributed by atoms with van der Waals surface area (Å²) in [6, 6.07) is 5.28. The Kier molecular flexibility index (Phi) is 8.74. The van der Waals surface area contributed by atoms with Crippen LogP contribution in [0.25, 0.3) is 0 Å². The van der Waals surface area contributed by atoms with Gasteiger partial charge in [0.25, 0.3) is 0 Å². The Balaban J connectivity index is 0.00000264. The van der Waals surface area contributed by atoms with Crippen molar-refractivity contribution >= 4 is 35.6 Å². The molecule has 4 nitrogen and oxygen atoms in total. The van der Waals surface area contributed by atoms with Gasteiger partial charge in [0.05, 0.1) is 12.3 Å². The van der Waals surface area contributed by atoms with Crippen molar-refractivity contribution in [2.75, 3.05) is 25.0 Å². The number of anilines is 1. The lowest BCUT2D eigenvalue weighted by atomic mass is 9.84. The highest BCUT2D eigenvalue weighted by molar-refractivity contribution is 6.30. The first kappa shape index (κ1) is 20.1. The van der Waals surface area contributed by atoms with Gasteiger partial charge in [0.1, 0.15) is 5.75 Å². The van der Waals surface area contributed by atoms with Gasteiger partial charge in [-0.2, -0.15) is 0 Å². The highest BCUT2D eigenvalue weighted by Gasteiger charge is 2.22. The minimum atomic E-state index is 0. The number of rotatable bonds is 6. The molecule has 1 aromatic rings. The molecule has 1 aliphatic heterocycles. The van der Waals surface area contributed by atoms with Crippen LogP contribution in [0.1, 0.15) is 33.1 Å². The lowest BCUT2D eigenvalue weighted by Gasteiger charge is -2.28. The third-order valence-corrected chi connectivity index (χ3v) is 4.45. The molecule has 1 unspecified atom stereocenters. The molecule has 1 amide bonds. The van der Waals surface area contributed by atoms with Crippen molar-refractivity contribution in [1.29, 1.82) is 0 Å². The predicted octanol–water partition coefficient (Wildman–Crippen LogP) is 4.12. The molecular weight excluding hydrogens is 335 g/mol. The molecule has 1 aromatic carbocycles. The number of nitrogens with one attached hydrogen (secondary N) is 2. The van der Waals surface area contributed by atoms with E-state index in [4.69, 9.17) is 16.3 Å². The molecule has 0 radical (unpaired) electrons. The van der Waals surface area contributed by atoms with Gasteiger partial charge in [0.2, 0.25) is 5.91 Å². The number of piperidine rings is 1. The van der Waals surface area contributed by atoms with Gasteiger partial charge >= 0.3 is 0 Å². The molecule has 0 spiro atoms. The molecule has 0 aromatic heterocycles. The van der Waals surface area contributed by atoms with Crippen molar-refractivity contribution in [3.63, 3.8) is 0 Å².